The molecule has 1 aromatic rings. The maximum atomic E-state index is 12.5. The van der Waals surface area contributed by atoms with Crippen molar-refractivity contribution < 1.29 is 4.79 Å². The van der Waals surface area contributed by atoms with Crippen molar-refractivity contribution in [2.24, 2.45) is 5.92 Å². The summed E-state index contributed by atoms with van der Waals surface area (Å²) < 4.78 is 0. The standard InChI is InChI=1S/C13H20N4O/c1-10(2)12-9-14-4-3-7-17(12)13(18)11-8-15-5-6-16-11/h5-6,8,10,12,14H,3-4,7,9H2,1-2H3. The minimum atomic E-state index is -0.00880. The van der Waals surface area contributed by atoms with Crippen LogP contribution in [0.1, 0.15) is 30.8 Å². The molecule has 0 spiro atoms. The van der Waals surface area contributed by atoms with E-state index in [4.69, 9.17) is 0 Å². The molecule has 2 heterocycles. The van der Waals surface area contributed by atoms with Crippen molar-refractivity contribution in [2.45, 2.75) is 26.3 Å². The second kappa shape index (κ2) is 5.91. The highest BCUT2D eigenvalue weighted by molar-refractivity contribution is 5.92. The van der Waals surface area contributed by atoms with E-state index in [0.717, 1.165) is 26.1 Å². The highest BCUT2D eigenvalue weighted by Gasteiger charge is 2.28. The van der Waals surface area contributed by atoms with E-state index in [0.29, 0.717) is 11.6 Å². The zero-order valence-corrected chi connectivity index (χ0v) is 11.0. The van der Waals surface area contributed by atoms with Gasteiger partial charge < -0.3 is 10.2 Å². The lowest BCUT2D eigenvalue weighted by molar-refractivity contribution is 0.0639. The average Bonchev–Trinajstić information content (AvgIpc) is 2.64. The summed E-state index contributed by atoms with van der Waals surface area (Å²) in [5.74, 6) is 0.418. The summed E-state index contributed by atoms with van der Waals surface area (Å²) in [6.45, 7) is 6.89. The Labute approximate surface area is 108 Å². The van der Waals surface area contributed by atoms with Crippen LogP contribution in [-0.2, 0) is 0 Å². The lowest BCUT2D eigenvalue weighted by Gasteiger charge is -2.32. The first kappa shape index (κ1) is 13.0. The molecule has 1 atom stereocenters. The summed E-state index contributed by atoms with van der Waals surface area (Å²) in [5, 5.41) is 3.39. The van der Waals surface area contributed by atoms with Gasteiger partial charge in [-0.15, -0.1) is 0 Å². The molecule has 1 unspecified atom stereocenters. The Morgan fingerprint density at radius 3 is 3.00 bits per heavy atom. The van der Waals surface area contributed by atoms with Gasteiger partial charge in [0.2, 0.25) is 0 Å². The van der Waals surface area contributed by atoms with Gasteiger partial charge in [0.25, 0.3) is 5.91 Å². The molecule has 0 aliphatic carbocycles. The molecule has 1 aliphatic heterocycles. The van der Waals surface area contributed by atoms with Crippen molar-refractivity contribution >= 4 is 5.91 Å². The molecule has 2 rings (SSSR count). The minimum absolute atomic E-state index is 0.00880. The SMILES string of the molecule is CC(C)C1CNCCCN1C(=O)c1cnccn1. The van der Waals surface area contributed by atoms with E-state index in [2.05, 4.69) is 29.1 Å². The number of amides is 1. The number of aromatic nitrogens is 2. The molecule has 0 aromatic carbocycles. The van der Waals surface area contributed by atoms with E-state index in [1.165, 1.54) is 6.20 Å². The molecule has 1 fully saturated rings. The van der Waals surface area contributed by atoms with Crippen LogP contribution in [0, 0.1) is 5.92 Å². The van der Waals surface area contributed by atoms with Gasteiger partial charge in [0.05, 0.1) is 6.20 Å². The average molecular weight is 248 g/mol. The van der Waals surface area contributed by atoms with Gasteiger partial charge in [0.15, 0.2) is 0 Å². The highest BCUT2D eigenvalue weighted by Crippen LogP contribution is 2.15. The molecule has 1 saturated heterocycles. The predicted octanol–water partition coefficient (Wildman–Crippen LogP) is 0.937. The van der Waals surface area contributed by atoms with E-state index in [9.17, 15) is 4.79 Å². The largest absolute Gasteiger partial charge is 0.333 e. The zero-order chi connectivity index (χ0) is 13.0. The topological polar surface area (TPSA) is 58.1 Å². The normalized spacial score (nSPS) is 20.8. The molecule has 5 nitrogen and oxygen atoms in total. The van der Waals surface area contributed by atoms with Gasteiger partial charge in [-0.25, -0.2) is 4.98 Å². The fourth-order valence-corrected chi connectivity index (χ4v) is 2.30. The van der Waals surface area contributed by atoms with E-state index in [-0.39, 0.29) is 11.9 Å². The van der Waals surface area contributed by atoms with Gasteiger partial charge >= 0.3 is 0 Å². The Bertz CT molecular complexity index is 393. The number of carbonyl (C=O) groups is 1. The summed E-state index contributed by atoms with van der Waals surface area (Å²) in [4.78, 5) is 22.5. The van der Waals surface area contributed by atoms with E-state index < -0.39 is 0 Å². The number of carbonyl (C=O) groups excluding carboxylic acids is 1. The molecule has 18 heavy (non-hydrogen) atoms. The van der Waals surface area contributed by atoms with Crippen LogP contribution in [0.2, 0.25) is 0 Å². The number of hydrogen-bond acceptors (Lipinski definition) is 4. The molecular weight excluding hydrogens is 228 g/mol. The van der Waals surface area contributed by atoms with E-state index in [1.807, 2.05) is 4.90 Å². The smallest absolute Gasteiger partial charge is 0.274 e. The van der Waals surface area contributed by atoms with Crippen molar-refractivity contribution in [2.75, 3.05) is 19.6 Å². The second-order valence-corrected chi connectivity index (χ2v) is 4.96. The first-order chi connectivity index (χ1) is 8.70. The van der Waals surface area contributed by atoms with Gasteiger partial charge in [-0.1, -0.05) is 13.8 Å². The molecule has 98 valence electrons. The zero-order valence-electron chi connectivity index (χ0n) is 11.0. The van der Waals surface area contributed by atoms with Gasteiger partial charge in [0, 0.05) is 31.5 Å². The highest BCUT2D eigenvalue weighted by atomic mass is 16.2. The molecule has 0 bridgehead atoms. The Balaban J connectivity index is 2.20. The summed E-state index contributed by atoms with van der Waals surface area (Å²) >= 11 is 0. The van der Waals surface area contributed by atoms with E-state index in [1.54, 1.807) is 12.4 Å². The Morgan fingerprint density at radius 1 is 1.50 bits per heavy atom. The van der Waals surface area contributed by atoms with Crippen LogP contribution in [-0.4, -0.2) is 46.5 Å². The van der Waals surface area contributed by atoms with E-state index >= 15 is 0 Å². The quantitative estimate of drug-likeness (QED) is 0.846. The van der Waals surface area contributed by atoms with Crippen LogP contribution in [0.4, 0.5) is 0 Å². The lowest BCUT2D eigenvalue weighted by Crippen LogP contribution is -2.46. The number of nitrogens with zero attached hydrogens (tertiary/aromatic N) is 3. The summed E-state index contributed by atoms with van der Waals surface area (Å²) in [5.41, 5.74) is 0.435. The van der Waals surface area contributed by atoms with Crippen LogP contribution >= 0.6 is 0 Å². The first-order valence-corrected chi connectivity index (χ1v) is 6.48. The third-order valence-electron chi connectivity index (χ3n) is 3.32. The van der Waals surface area contributed by atoms with Crippen molar-refractivity contribution in [1.29, 1.82) is 0 Å². The molecule has 1 aromatic heterocycles. The maximum Gasteiger partial charge on any atom is 0.274 e. The van der Waals surface area contributed by atoms with Crippen LogP contribution in [0.25, 0.3) is 0 Å². The van der Waals surface area contributed by atoms with Crippen LogP contribution < -0.4 is 5.32 Å². The minimum Gasteiger partial charge on any atom is -0.333 e. The Hall–Kier alpha value is -1.49. The Kier molecular flexibility index (Phi) is 4.25. The van der Waals surface area contributed by atoms with Crippen molar-refractivity contribution in [1.82, 2.24) is 20.2 Å². The molecule has 1 aliphatic rings. The third kappa shape index (κ3) is 2.85. The third-order valence-corrected chi connectivity index (χ3v) is 3.32. The molecule has 5 heteroatoms. The van der Waals surface area contributed by atoms with Gasteiger partial charge in [-0.05, 0) is 18.9 Å². The van der Waals surface area contributed by atoms with Crippen LogP contribution in [0.3, 0.4) is 0 Å². The second-order valence-electron chi connectivity index (χ2n) is 4.96. The molecular formula is C13H20N4O. The van der Waals surface area contributed by atoms with Gasteiger partial charge in [-0.2, -0.15) is 0 Å². The number of hydrogen-bond donors (Lipinski definition) is 1. The van der Waals surface area contributed by atoms with Crippen molar-refractivity contribution in [3.8, 4) is 0 Å². The Morgan fingerprint density at radius 2 is 2.33 bits per heavy atom. The molecule has 0 saturated carbocycles. The molecule has 1 amide bonds. The van der Waals surface area contributed by atoms with Gasteiger partial charge in [0.1, 0.15) is 5.69 Å². The number of rotatable bonds is 2. The van der Waals surface area contributed by atoms with Crippen molar-refractivity contribution in [3.63, 3.8) is 0 Å². The predicted molar refractivity (Wildman–Crippen MR) is 69.2 cm³/mol. The fraction of sp³-hybridized carbons (Fsp3) is 0.615. The molecule has 0 radical (unpaired) electrons. The van der Waals surface area contributed by atoms with Crippen LogP contribution in [0.15, 0.2) is 18.6 Å². The summed E-state index contributed by atoms with van der Waals surface area (Å²) in [6.07, 6.45) is 5.67. The molecule has 1 N–H and O–H groups in total. The fourth-order valence-electron chi connectivity index (χ4n) is 2.30. The monoisotopic (exact) mass is 248 g/mol. The van der Waals surface area contributed by atoms with Crippen LogP contribution in [0.5, 0.6) is 0 Å². The summed E-state index contributed by atoms with van der Waals surface area (Å²) in [6, 6.07) is 0.224. The number of nitrogens with one attached hydrogen (secondary N) is 1. The first-order valence-electron chi connectivity index (χ1n) is 6.48. The maximum absolute atomic E-state index is 12.5. The van der Waals surface area contributed by atoms with Crippen molar-refractivity contribution in [3.05, 3.63) is 24.3 Å². The van der Waals surface area contributed by atoms with Gasteiger partial charge in [-0.3, -0.25) is 9.78 Å². The summed E-state index contributed by atoms with van der Waals surface area (Å²) in [7, 11) is 0. The lowest BCUT2D eigenvalue weighted by atomic mass is 10.0.